The van der Waals surface area contributed by atoms with Gasteiger partial charge in [-0.15, -0.1) is 11.3 Å². The van der Waals surface area contributed by atoms with Crippen LogP contribution in [0.1, 0.15) is 65.0 Å². The molecule has 3 rings (SSSR count). The molecule has 1 aliphatic heterocycles. The van der Waals surface area contributed by atoms with Crippen LogP contribution in [0.4, 0.5) is 0 Å². The van der Waals surface area contributed by atoms with Crippen LogP contribution >= 0.6 is 11.3 Å². The van der Waals surface area contributed by atoms with Crippen LogP contribution < -0.4 is 0 Å². The fraction of sp³-hybridized carbons (Fsp3) is 0.600. The molecule has 0 spiro atoms. The Hall–Kier alpha value is -1.76. The summed E-state index contributed by atoms with van der Waals surface area (Å²) in [6, 6.07) is -0.0976. The number of amides is 1. The van der Waals surface area contributed by atoms with E-state index in [2.05, 4.69) is 15.1 Å². The van der Waals surface area contributed by atoms with Gasteiger partial charge >= 0.3 is 0 Å². The van der Waals surface area contributed by atoms with Gasteiger partial charge in [0.25, 0.3) is 5.91 Å². The highest BCUT2D eigenvalue weighted by Crippen LogP contribution is 2.30. The van der Waals surface area contributed by atoms with Gasteiger partial charge in [0.05, 0.1) is 17.2 Å². The third kappa shape index (κ3) is 3.04. The Morgan fingerprint density at radius 1 is 1.45 bits per heavy atom. The largest absolute Gasteiger partial charge is 0.340 e. The highest BCUT2D eigenvalue weighted by atomic mass is 32.1. The fourth-order valence-electron chi connectivity index (χ4n) is 2.78. The van der Waals surface area contributed by atoms with E-state index in [0.29, 0.717) is 16.6 Å². The first kappa shape index (κ1) is 15.1. The number of aromatic nitrogens is 3. The lowest BCUT2D eigenvalue weighted by molar-refractivity contribution is 0.0675. The lowest BCUT2D eigenvalue weighted by Crippen LogP contribution is -2.35. The molecule has 0 saturated carbocycles. The molecule has 6 nitrogen and oxygen atoms in total. The van der Waals surface area contributed by atoms with Gasteiger partial charge in [0, 0.05) is 13.5 Å². The summed E-state index contributed by atoms with van der Waals surface area (Å²) >= 11 is 1.48. The first-order chi connectivity index (χ1) is 10.7. The van der Waals surface area contributed by atoms with Gasteiger partial charge in [-0.25, -0.2) is 4.98 Å². The van der Waals surface area contributed by atoms with Crippen LogP contribution in [0, 0.1) is 6.92 Å². The van der Waals surface area contributed by atoms with E-state index in [1.54, 1.807) is 13.1 Å². The standard InChI is InChI=1S/C15H20N4O2S/c1-3-13-16-9-12(22-13)15(20)19-8-6-4-5-7-11(19)14-17-10(2)21-18-14/h9,11H,3-8H2,1-2H3. The Kier molecular flexibility index (Phi) is 4.52. The summed E-state index contributed by atoms with van der Waals surface area (Å²) in [4.78, 5) is 24.1. The average Bonchev–Trinajstić information content (AvgIpc) is 3.10. The van der Waals surface area contributed by atoms with E-state index in [-0.39, 0.29) is 11.9 Å². The predicted octanol–water partition coefficient (Wildman–Crippen LogP) is 3.15. The Bertz CT molecular complexity index is 652. The van der Waals surface area contributed by atoms with Crippen LogP contribution in [-0.4, -0.2) is 32.5 Å². The summed E-state index contributed by atoms with van der Waals surface area (Å²) in [7, 11) is 0. The molecule has 22 heavy (non-hydrogen) atoms. The highest BCUT2D eigenvalue weighted by Gasteiger charge is 2.31. The van der Waals surface area contributed by atoms with Crippen LogP contribution in [0.2, 0.25) is 0 Å². The van der Waals surface area contributed by atoms with Gasteiger partial charge in [0.15, 0.2) is 5.82 Å². The number of carbonyl (C=O) groups is 1. The Morgan fingerprint density at radius 3 is 3.00 bits per heavy atom. The molecule has 1 fully saturated rings. The molecule has 0 N–H and O–H groups in total. The van der Waals surface area contributed by atoms with Crippen molar-refractivity contribution in [2.24, 2.45) is 0 Å². The molecule has 0 bridgehead atoms. The maximum atomic E-state index is 12.9. The molecule has 118 valence electrons. The normalized spacial score (nSPS) is 19.2. The summed E-state index contributed by atoms with van der Waals surface area (Å²) in [6.45, 7) is 4.55. The minimum absolute atomic E-state index is 0.0338. The van der Waals surface area contributed by atoms with Crippen molar-refractivity contribution in [2.75, 3.05) is 6.54 Å². The molecule has 1 aliphatic rings. The van der Waals surface area contributed by atoms with E-state index >= 15 is 0 Å². The van der Waals surface area contributed by atoms with Crippen LogP contribution in [0.25, 0.3) is 0 Å². The van der Waals surface area contributed by atoms with Gasteiger partial charge in [0.2, 0.25) is 5.89 Å². The van der Waals surface area contributed by atoms with Crippen LogP contribution in [-0.2, 0) is 6.42 Å². The zero-order valence-corrected chi connectivity index (χ0v) is 13.7. The van der Waals surface area contributed by atoms with Crippen molar-refractivity contribution in [3.05, 3.63) is 27.8 Å². The highest BCUT2D eigenvalue weighted by molar-refractivity contribution is 7.13. The summed E-state index contributed by atoms with van der Waals surface area (Å²) in [5, 5.41) is 5.03. The monoisotopic (exact) mass is 320 g/mol. The predicted molar refractivity (Wildman–Crippen MR) is 82.8 cm³/mol. The third-order valence-electron chi connectivity index (χ3n) is 3.92. The molecule has 1 atom stereocenters. The Balaban J connectivity index is 1.88. The quantitative estimate of drug-likeness (QED) is 0.868. The summed E-state index contributed by atoms with van der Waals surface area (Å²) in [5.41, 5.74) is 0. The maximum Gasteiger partial charge on any atom is 0.266 e. The van der Waals surface area contributed by atoms with Crippen molar-refractivity contribution in [2.45, 2.75) is 52.0 Å². The molecule has 2 aromatic rings. The summed E-state index contributed by atoms with van der Waals surface area (Å²) in [6.07, 6.45) is 6.63. The number of hydrogen-bond donors (Lipinski definition) is 0. The third-order valence-corrected chi connectivity index (χ3v) is 5.05. The van der Waals surface area contributed by atoms with Gasteiger partial charge in [-0.2, -0.15) is 4.98 Å². The first-order valence-corrected chi connectivity index (χ1v) is 8.56. The molecule has 1 unspecified atom stereocenters. The number of aryl methyl sites for hydroxylation is 2. The van der Waals surface area contributed by atoms with E-state index in [1.807, 2.05) is 11.8 Å². The van der Waals surface area contributed by atoms with Crippen LogP contribution in [0.3, 0.4) is 0 Å². The first-order valence-electron chi connectivity index (χ1n) is 7.75. The molecule has 7 heteroatoms. The van der Waals surface area contributed by atoms with E-state index < -0.39 is 0 Å². The van der Waals surface area contributed by atoms with Gasteiger partial charge < -0.3 is 9.42 Å². The topological polar surface area (TPSA) is 72.1 Å². The van der Waals surface area contributed by atoms with Gasteiger partial charge in [-0.05, 0) is 19.3 Å². The van der Waals surface area contributed by atoms with E-state index in [1.165, 1.54) is 11.3 Å². The van der Waals surface area contributed by atoms with E-state index in [9.17, 15) is 4.79 Å². The fourth-order valence-corrected chi connectivity index (χ4v) is 3.60. The average molecular weight is 320 g/mol. The SMILES string of the molecule is CCc1ncc(C(=O)N2CCCCCC2c2noc(C)n2)s1. The van der Waals surface area contributed by atoms with E-state index in [4.69, 9.17) is 4.52 Å². The van der Waals surface area contributed by atoms with Crippen molar-refractivity contribution in [1.82, 2.24) is 20.0 Å². The number of rotatable bonds is 3. The van der Waals surface area contributed by atoms with Crippen LogP contribution in [0.15, 0.2) is 10.7 Å². The van der Waals surface area contributed by atoms with E-state index in [0.717, 1.165) is 43.7 Å². The van der Waals surface area contributed by atoms with Crippen molar-refractivity contribution in [3.63, 3.8) is 0 Å². The molecular weight excluding hydrogens is 300 g/mol. The molecule has 0 aliphatic carbocycles. The van der Waals surface area contributed by atoms with Crippen molar-refractivity contribution < 1.29 is 9.32 Å². The molecule has 3 heterocycles. The zero-order chi connectivity index (χ0) is 15.5. The number of nitrogens with zero attached hydrogens (tertiary/aromatic N) is 4. The molecule has 2 aromatic heterocycles. The maximum absolute atomic E-state index is 12.9. The second-order valence-corrected chi connectivity index (χ2v) is 6.62. The van der Waals surface area contributed by atoms with Crippen molar-refractivity contribution in [1.29, 1.82) is 0 Å². The number of carbonyl (C=O) groups excluding carboxylic acids is 1. The minimum Gasteiger partial charge on any atom is -0.340 e. The minimum atomic E-state index is -0.0976. The second-order valence-electron chi connectivity index (χ2n) is 5.51. The number of thiazole rings is 1. The van der Waals surface area contributed by atoms with Gasteiger partial charge in [-0.1, -0.05) is 24.9 Å². The summed E-state index contributed by atoms with van der Waals surface area (Å²) < 4.78 is 5.11. The lowest BCUT2D eigenvalue weighted by atomic mass is 10.1. The van der Waals surface area contributed by atoms with Crippen molar-refractivity contribution >= 4 is 17.2 Å². The molecule has 0 aromatic carbocycles. The number of hydrogen-bond acceptors (Lipinski definition) is 6. The zero-order valence-electron chi connectivity index (χ0n) is 12.9. The van der Waals surface area contributed by atoms with Crippen molar-refractivity contribution in [3.8, 4) is 0 Å². The molecule has 1 saturated heterocycles. The van der Waals surface area contributed by atoms with Gasteiger partial charge in [0.1, 0.15) is 4.88 Å². The smallest absolute Gasteiger partial charge is 0.266 e. The van der Waals surface area contributed by atoms with Gasteiger partial charge in [-0.3, -0.25) is 4.79 Å². The lowest BCUT2D eigenvalue weighted by Gasteiger charge is -2.27. The number of likely N-dealkylation sites (tertiary alicyclic amines) is 1. The van der Waals surface area contributed by atoms with Crippen LogP contribution in [0.5, 0.6) is 0 Å². The Morgan fingerprint density at radius 2 is 2.32 bits per heavy atom. The summed E-state index contributed by atoms with van der Waals surface area (Å²) in [5.74, 6) is 1.19. The molecular formula is C15H20N4O2S. The molecule has 0 radical (unpaired) electrons. The Labute approximate surface area is 133 Å². The molecule has 1 amide bonds. The second kappa shape index (κ2) is 6.56.